The van der Waals surface area contributed by atoms with Gasteiger partial charge in [-0.1, -0.05) is 35.0 Å². The number of benzene rings is 2. The zero-order valence-electron chi connectivity index (χ0n) is 13.1. The Morgan fingerprint density at radius 3 is 2.92 bits per heavy atom. The Labute approximate surface area is 138 Å². The summed E-state index contributed by atoms with van der Waals surface area (Å²) in [5.41, 5.74) is 3.12. The third-order valence-electron chi connectivity index (χ3n) is 3.49. The van der Waals surface area contributed by atoms with Crippen LogP contribution >= 0.6 is 0 Å². The van der Waals surface area contributed by atoms with Gasteiger partial charge in [0.15, 0.2) is 6.29 Å². The molecule has 24 heavy (non-hydrogen) atoms. The third-order valence-corrected chi connectivity index (χ3v) is 3.49. The summed E-state index contributed by atoms with van der Waals surface area (Å²) in [6, 6.07) is 12.0. The molecule has 1 heterocycles. The Hall–Kier alpha value is -3.02. The molecule has 0 aliphatic carbocycles. The number of ether oxygens (including phenoxy) is 1. The number of aldehydes is 1. The predicted molar refractivity (Wildman–Crippen MR) is 86.4 cm³/mol. The van der Waals surface area contributed by atoms with Gasteiger partial charge in [-0.3, -0.25) is 4.79 Å². The molecule has 3 rings (SSSR count). The van der Waals surface area contributed by atoms with Crippen LogP contribution in [0.1, 0.15) is 27.2 Å². The lowest BCUT2D eigenvalue weighted by atomic mass is 10.1. The molecule has 0 unspecified atom stereocenters. The Bertz CT molecular complexity index is 861. The van der Waals surface area contributed by atoms with Crippen molar-refractivity contribution in [1.82, 2.24) is 15.0 Å². The molecule has 0 saturated heterocycles. The molecule has 1 aromatic heterocycles. The SMILES string of the molecule is Cc1cccc(Cn2cc(COc3ccc(F)cc3C=O)nn2)c1. The molecule has 0 saturated carbocycles. The van der Waals surface area contributed by atoms with Crippen molar-refractivity contribution in [3.05, 3.63) is 76.9 Å². The maximum atomic E-state index is 13.1. The van der Waals surface area contributed by atoms with Gasteiger partial charge in [-0.25, -0.2) is 9.07 Å². The fourth-order valence-electron chi connectivity index (χ4n) is 2.37. The zero-order chi connectivity index (χ0) is 16.9. The van der Waals surface area contributed by atoms with E-state index in [-0.39, 0.29) is 12.2 Å². The average molecular weight is 325 g/mol. The number of nitrogens with zero attached hydrogens (tertiary/aromatic N) is 3. The number of rotatable bonds is 6. The summed E-state index contributed by atoms with van der Waals surface area (Å²) < 4.78 is 20.4. The highest BCUT2D eigenvalue weighted by molar-refractivity contribution is 5.79. The molecule has 5 nitrogen and oxygen atoms in total. The lowest BCUT2D eigenvalue weighted by Gasteiger charge is -2.06. The molecule has 0 bridgehead atoms. The van der Waals surface area contributed by atoms with Crippen molar-refractivity contribution < 1.29 is 13.9 Å². The van der Waals surface area contributed by atoms with Crippen LogP contribution in [0.3, 0.4) is 0 Å². The molecule has 0 radical (unpaired) electrons. The van der Waals surface area contributed by atoms with E-state index in [0.717, 1.165) is 11.6 Å². The molecule has 0 fully saturated rings. The fraction of sp³-hybridized carbons (Fsp3) is 0.167. The lowest BCUT2D eigenvalue weighted by Crippen LogP contribution is -2.00. The summed E-state index contributed by atoms with van der Waals surface area (Å²) in [5, 5.41) is 8.12. The van der Waals surface area contributed by atoms with Gasteiger partial charge in [-0.2, -0.15) is 0 Å². The Morgan fingerprint density at radius 1 is 1.25 bits per heavy atom. The predicted octanol–water partition coefficient (Wildman–Crippen LogP) is 3.17. The van der Waals surface area contributed by atoms with Crippen LogP contribution in [-0.4, -0.2) is 21.3 Å². The largest absolute Gasteiger partial charge is 0.486 e. The van der Waals surface area contributed by atoms with Gasteiger partial charge in [0.05, 0.1) is 18.3 Å². The first-order chi connectivity index (χ1) is 11.6. The molecule has 0 aliphatic rings. The summed E-state index contributed by atoms with van der Waals surface area (Å²) in [4.78, 5) is 10.9. The molecule has 0 spiro atoms. The summed E-state index contributed by atoms with van der Waals surface area (Å²) in [6.07, 6.45) is 2.35. The minimum Gasteiger partial charge on any atom is -0.486 e. The first kappa shape index (κ1) is 15.9. The normalized spacial score (nSPS) is 10.6. The highest BCUT2D eigenvalue weighted by atomic mass is 19.1. The molecule has 0 N–H and O–H groups in total. The van der Waals surface area contributed by atoms with Gasteiger partial charge in [0, 0.05) is 0 Å². The molecule has 3 aromatic rings. The van der Waals surface area contributed by atoms with Gasteiger partial charge in [-0.05, 0) is 30.7 Å². The van der Waals surface area contributed by atoms with E-state index < -0.39 is 5.82 Å². The standard InChI is InChI=1S/C18H16FN3O2/c1-13-3-2-4-14(7-13)9-22-10-17(20-21-22)12-24-18-6-5-16(19)8-15(18)11-23/h2-8,10-11H,9,12H2,1H3. The minimum atomic E-state index is -0.478. The maximum absolute atomic E-state index is 13.1. The van der Waals surface area contributed by atoms with E-state index in [1.807, 2.05) is 25.1 Å². The van der Waals surface area contributed by atoms with Gasteiger partial charge in [0.25, 0.3) is 0 Å². The van der Waals surface area contributed by atoms with Crippen molar-refractivity contribution in [1.29, 1.82) is 0 Å². The number of carbonyl (C=O) groups is 1. The van der Waals surface area contributed by atoms with E-state index in [9.17, 15) is 9.18 Å². The number of hydrogen-bond donors (Lipinski definition) is 0. The van der Waals surface area contributed by atoms with Gasteiger partial charge in [-0.15, -0.1) is 5.10 Å². The van der Waals surface area contributed by atoms with Crippen LogP contribution in [0.25, 0.3) is 0 Å². The molecule has 0 atom stereocenters. The van der Waals surface area contributed by atoms with Crippen molar-refractivity contribution in [3.63, 3.8) is 0 Å². The van der Waals surface area contributed by atoms with E-state index in [4.69, 9.17) is 4.74 Å². The average Bonchev–Trinajstić information content (AvgIpc) is 3.01. The topological polar surface area (TPSA) is 57.0 Å². The second kappa shape index (κ2) is 7.04. The maximum Gasteiger partial charge on any atom is 0.153 e. The molecule has 6 heteroatoms. The van der Waals surface area contributed by atoms with E-state index in [2.05, 4.69) is 16.4 Å². The quantitative estimate of drug-likeness (QED) is 0.653. The number of aryl methyl sites for hydroxylation is 1. The molecular weight excluding hydrogens is 309 g/mol. The zero-order valence-corrected chi connectivity index (χ0v) is 13.1. The minimum absolute atomic E-state index is 0.153. The van der Waals surface area contributed by atoms with Gasteiger partial charge in [0.1, 0.15) is 23.9 Å². The highest BCUT2D eigenvalue weighted by Crippen LogP contribution is 2.19. The number of aromatic nitrogens is 3. The van der Waals surface area contributed by atoms with E-state index in [0.29, 0.717) is 24.3 Å². The summed E-state index contributed by atoms with van der Waals surface area (Å²) in [5.74, 6) is -0.159. The van der Waals surface area contributed by atoms with E-state index >= 15 is 0 Å². The van der Waals surface area contributed by atoms with E-state index in [1.165, 1.54) is 17.7 Å². The van der Waals surface area contributed by atoms with Crippen LogP contribution < -0.4 is 4.74 Å². The number of halogens is 1. The Kier molecular flexibility index (Phi) is 4.65. The molecular formula is C18H16FN3O2. The van der Waals surface area contributed by atoms with Gasteiger partial charge >= 0.3 is 0 Å². The second-order valence-electron chi connectivity index (χ2n) is 5.49. The summed E-state index contributed by atoms with van der Waals surface area (Å²) in [6.45, 7) is 2.81. The van der Waals surface area contributed by atoms with Crippen molar-refractivity contribution in [3.8, 4) is 5.75 Å². The van der Waals surface area contributed by atoms with Gasteiger partial charge < -0.3 is 4.74 Å². The van der Waals surface area contributed by atoms with Crippen LogP contribution in [-0.2, 0) is 13.2 Å². The van der Waals surface area contributed by atoms with Crippen molar-refractivity contribution in [2.24, 2.45) is 0 Å². The molecule has 0 amide bonds. The van der Waals surface area contributed by atoms with Crippen LogP contribution in [0.5, 0.6) is 5.75 Å². The smallest absolute Gasteiger partial charge is 0.153 e. The van der Waals surface area contributed by atoms with Crippen molar-refractivity contribution >= 4 is 6.29 Å². The van der Waals surface area contributed by atoms with Gasteiger partial charge in [0.2, 0.25) is 0 Å². The second-order valence-corrected chi connectivity index (χ2v) is 5.49. The molecule has 2 aromatic carbocycles. The van der Waals surface area contributed by atoms with Crippen LogP contribution in [0.2, 0.25) is 0 Å². The summed E-state index contributed by atoms with van der Waals surface area (Å²) >= 11 is 0. The highest BCUT2D eigenvalue weighted by Gasteiger charge is 2.07. The van der Waals surface area contributed by atoms with Crippen molar-refractivity contribution in [2.75, 3.05) is 0 Å². The lowest BCUT2D eigenvalue weighted by molar-refractivity contribution is 0.111. The first-order valence-corrected chi connectivity index (χ1v) is 7.46. The Balaban J connectivity index is 1.65. The molecule has 122 valence electrons. The van der Waals surface area contributed by atoms with E-state index in [1.54, 1.807) is 10.9 Å². The van der Waals surface area contributed by atoms with Crippen molar-refractivity contribution in [2.45, 2.75) is 20.1 Å². The molecule has 0 aliphatic heterocycles. The summed E-state index contributed by atoms with van der Waals surface area (Å²) in [7, 11) is 0. The number of carbonyl (C=O) groups excluding carboxylic acids is 1. The van der Waals surface area contributed by atoms with Crippen LogP contribution in [0.4, 0.5) is 4.39 Å². The first-order valence-electron chi connectivity index (χ1n) is 7.46. The van der Waals surface area contributed by atoms with Crippen LogP contribution in [0.15, 0.2) is 48.7 Å². The Morgan fingerprint density at radius 2 is 2.12 bits per heavy atom. The fourth-order valence-corrected chi connectivity index (χ4v) is 2.37. The number of hydrogen-bond acceptors (Lipinski definition) is 4. The monoisotopic (exact) mass is 325 g/mol. The third kappa shape index (κ3) is 3.84. The van der Waals surface area contributed by atoms with Crippen LogP contribution in [0, 0.1) is 12.7 Å².